The number of carbonyl (C=O) groups excluding carboxylic acids is 1. The van der Waals surface area contributed by atoms with Crippen LogP contribution in [0.15, 0.2) is 30.5 Å². The Bertz CT molecular complexity index is 1180. The van der Waals surface area contributed by atoms with Gasteiger partial charge in [-0.1, -0.05) is 19.9 Å². The van der Waals surface area contributed by atoms with Gasteiger partial charge >= 0.3 is 0 Å². The highest BCUT2D eigenvalue weighted by Gasteiger charge is 2.25. The quantitative estimate of drug-likeness (QED) is 0.276. The molecule has 2 aliphatic rings. The van der Waals surface area contributed by atoms with Gasteiger partial charge in [0, 0.05) is 41.0 Å². The monoisotopic (exact) mass is 585 g/mol. The number of halogens is 3. The fourth-order valence-electron chi connectivity index (χ4n) is 4.76. The van der Waals surface area contributed by atoms with Gasteiger partial charge in [-0.15, -0.1) is 48.6 Å². The highest BCUT2D eigenvalue weighted by atomic mass is 35.5. The maximum atomic E-state index is 12.7. The summed E-state index contributed by atoms with van der Waals surface area (Å²) in [4.78, 5) is 25.7. The van der Waals surface area contributed by atoms with Crippen molar-refractivity contribution in [2.45, 2.75) is 52.5 Å². The van der Waals surface area contributed by atoms with Crippen molar-refractivity contribution < 1.29 is 4.79 Å². The van der Waals surface area contributed by atoms with Crippen LogP contribution in [-0.4, -0.2) is 53.0 Å². The van der Waals surface area contributed by atoms with E-state index in [9.17, 15) is 4.79 Å². The molecule has 5 rings (SSSR count). The van der Waals surface area contributed by atoms with Gasteiger partial charge in [0.25, 0.3) is 5.91 Å². The molecule has 1 amide bonds. The Kier molecular flexibility index (Phi) is 11.9. The number of nitrogens with zero attached hydrogens (tertiary/aromatic N) is 3. The predicted octanol–water partition coefficient (Wildman–Crippen LogP) is 6.60. The van der Waals surface area contributed by atoms with E-state index in [4.69, 9.17) is 4.98 Å². The summed E-state index contributed by atoms with van der Waals surface area (Å²) in [5, 5.41) is 7.54. The summed E-state index contributed by atoms with van der Waals surface area (Å²) in [6.45, 7) is 11.2. The minimum absolute atomic E-state index is 0. The van der Waals surface area contributed by atoms with Crippen LogP contribution in [-0.2, 0) is 0 Å². The molecule has 204 valence electrons. The average Bonchev–Trinajstić information content (AvgIpc) is 3.32. The molecule has 1 saturated carbocycles. The first-order valence-electron chi connectivity index (χ1n) is 12.6. The van der Waals surface area contributed by atoms with Gasteiger partial charge in [-0.3, -0.25) is 4.79 Å². The molecular formula is C27H38Cl3N5OS. The maximum absolute atomic E-state index is 12.7. The van der Waals surface area contributed by atoms with Gasteiger partial charge in [-0.05, 0) is 81.3 Å². The summed E-state index contributed by atoms with van der Waals surface area (Å²) < 4.78 is 1.11. The third kappa shape index (κ3) is 7.70. The fourth-order valence-corrected chi connectivity index (χ4v) is 5.90. The zero-order valence-electron chi connectivity index (χ0n) is 21.7. The molecule has 1 aliphatic carbocycles. The maximum Gasteiger partial charge on any atom is 0.252 e. The number of fused-ring (bicyclic) bond motifs is 1. The lowest BCUT2D eigenvalue weighted by Gasteiger charge is -2.17. The molecule has 1 aromatic carbocycles. The standard InChI is InChI=1S/C27H35N5OS.3ClH/c1-17(2)19-10-13-32(16-19)12-5-11-28-27-29-15-18(3)25(31-27)24-14-22-21(6-4-7-23(22)34-24)26(33)30-20-8-9-20;;;/h4,6-7,14-15,17,19-20H,5,8-13,16H2,1-3H3,(H,30,33)(H,28,29,31);3*1H/t19-;;;/m1.../s1. The number of rotatable bonds is 9. The molecular weight excluding hydrogens is 549 g/mol. The number of carbonyl (C=O) groups is 1. The van der Waals surface area contributed by atoms with Crippen LogP contribution in [0.2, 0.25) is 0 Å². The number of thiophene rings is 1. The molecule has 10 heteroatoms. The Morgan fingerprint density at radius 3 is 2.68 bits per heavy atom. The molecule has 1 atom stereocenters. The van der Waals surface area contributed by atoms with Crippen molar-refractivity contribution in [2.75, 3.05) is 31.5 Å². The van der Waals surface area contributed by atoms with Crippen LogP contribution in [0.4, 0.5) is 5.95 Å². The first kappa shape index (κ1) is 31.6. The Morgan fingerprint density at radius 2 is 1.97 bits per heavy atom. The van der Waals surface area contributed by atoms with Crippen LogP contribution in [0.3, 0.4) is 0 Å². The number of likely N-dealkylation sites (tertiary alicyclic amines) is 1. The van der Waals surface area contributed by atoms with E-state index in [-0.39, 0.29) is 43.1 Å². The first-order valence-corrected chi connectivity index (χ1v) is 13.4. The Labute approximate surface area is 242 Å². The van der Waals surface area contributed by atoms with Gasteiger partial charge in [-0.2, -0.15) is 0 Å². The molecule has 3 aromatic rings. The zero-order chi connectivity index (χ0) is 23.7. The van der Waals surface area contributed by atoms with Crippen LogP contribution < -0.4 is 10.6 Å². The zero-order valence-corrected chi connectivity index (χ0v) is 24.9. The molecule has 3 heterocycles. The van der Waals surface area contributed by atoms with Gasteiger partial charge < -0.3 is 15.5 Å². The van der Waals surface area contributed by atoms with Crippen molar-refractivity contribution in [3.8, 4) is 10.6 Å². The number of benzene rings is 1. The van der Waals surface area contributed by atoms with Crippen molar-refractivity contribution in [2.24, 2.45) is 11.8 Å². The minimum Gasteiger partial charge on any atom is -0.354 e. The van der Waals surface area contributed by atoms with Crippen LogP contribution in [0, 0.1) is 18.8 Å². The minimum atomic E-state index is 0. The lowest BCUT2D eigenvalue weighted by molar-refractivity contribution is 0.0952. The van der Waals surface area contributed by atoms with Crippen LogP contribution in [0.25, 0.3) is 20.7 Å². The van der Waals surface area contributed by atoms with E-state index in [2.05, 4.69) is 46.5 Å². The van der Waals surface area contributed by atoms with Crippen LogP contribution in [0.5, 0.6) is 0 Å². The number of aromatic nitrogens is 2. The van der Waals surface area contributed by atoms with Crippen LogP contribution in [0.1, 0.15) is 55.5 Å². The second-order valence-electron chi connectivity index (χ2n) is 10.2. The summed E-state index contributed by atoms with van der Waals surface area (Å²) >= 11 is 1.68. The SMILES string of the molecule is Cc1cnc(NCCCN2CC[C@@H](C(C)C)C2)nc1-c1cc2c(C(=O)NC3CC3)cccc2s1.Cl.Cl.Cl. The lowest BCUT2D eigenvalue weighted by atomic mass is 9.95. The Morgan fingerprint density at radius 1 is 1.19 bits per heavy atom. The van der Waals surface area contributed by atoms with E-state index >= 15 is 0 Å². The van der Waals surface area contributed by atoms with Crippen LogP contribution >= 0.6 is 48.6 Å². The molecule has 0 bridgehead atoms. The number of amides is 1. The number of anilines is 1. The normalized spacial score (nSPS) is 17.1. The molecule has 0 radical (unpaired) electrons. The predicted molar refractivity (Wildman–Crippen MR) is 162 cm³/mol. The van der Waals surface area contributed by atoms with Gasteiger partial charge in [0.05, 0.1) is 10.6 Å². The number of aryl methyl sites for hydroxylation is 1. The van der Waals surface area contributed by atoms with E-state index in [0.717, 1.165) is 76.0 Å². The fraction of sp³-hybridized carbons (Fsp3) is 0.519. The van der Waals surface area contributed by atoms with Crippen molar-refractivity contribution in [3.05, 3.63) is 41.6 Å². The third-order valence-electron chi connectivity index (χ3n) is 7.11. The van der Waals surface area contributed by atoms with Crippen molar-refractivity contribution in [3.63, 3.8) is 0 Å². The molecule has 37 heavy (non-hydrogen) atoms. The Balaban J connectivity index is 0.00000160. The van der Waals surface area contributed by atoms with Gasteiger partial charge in [0.15, 0.2) is 0 Å². The summed E-state index contributed by atoms with van der Waals surface area (Å²) in [7, 11) is 0. The molecule has 2 fully saturated rings. The summed E-state index contributed by atoms with van der Waals surface area (Å²) in [6, 6.07) is 8.42. The molecule has 6 nitrogen and oxygen atoms in total. The van der Waals surface area contributed by atoms with Gasteiger partial charge in [-0.25, -0.2) is 9.97 Å². The molecule has 1 aliphatic heterocycles. The summed E-state index contributed by atoms with van der Waals surface area (Å²) in [5.41, 5.74) is 2.73. The lowest BCUT2D eigenvalue weighted by Crippen LogP contribution is -2.25. The van der Waals surface area contributed by atoms with E-state index in [0.29, 0.717) is 12.0 Å². The van der Waals surface area contributed by atoms with E-state index in [1.54, 1.807) is 11.3 Å². The van der Waals surface area contributed by atoms with E-state index < -0.39 is 0 Å². The molecule has 0 unspecified atom stereocenters. The average molecular weight is 587 g/mol. The van der Waals surface area contributed by atoms with E-state index in [1.807, 2.05) is 25.3 Å². The number of hydrogen-bond donors (Lipinski definition) is 2. The first-order chi connectivity index (χ1) is 16.5. The van der Waals surface area contributed by atoms with Gasteiger partial charge in [0.1, 0.15) is 0 Å². The molecule has 2 aromatic heterocycles. The van der Waals surface area contributed by atoms with Crippen molar-refractivity contribution in [1.29, 1.82) is 0 Å². The summed E-state index contributed by atoms with van der Waals surface area (Å²) in [6.07, 6.45) is 6.48. The second-order valence-corrected chi connectivity index (χ2v) is 11.3. The third-order valence-corrected chi connectivity index (χ3v) is 8.22. The molecule has 2 N–H and O–H groups in total. The van der Waals surface area contributed by atoms with E-state index in [1.165, 1.54) is 19.5 Å². The van der Waals surface area contributed by atoms with Crippen molar-refractivity contribution in [1.82, 2.24) is 20.2 Å². The summed E-state index contributed by atoms with van der Waals surface area (Å²) in [5.74, 6) is 2.32. The number of hydrogen-bond acceptors (Lipinski definition) is 6. The second kappa shape index (κ2) is 13.9. The molecule has 0 spiro atoms. The highest BCUT2D eigenvalue weighted by molar-refractivity contribution is 7.22. The molecule has 1 saturated heterocycles. The van der Waals surface area contributed by atoms with Crippen molar-refractivity contribution >= 4 is 70.5 Å². The largest absolute Gasteiger partial charge is 0.354 e. The Hall–Kier alpha value is -1.64. The highest BCUT2D eigenvalue weighted by Crippen LogP contribution is 2.36. The smallest absolute Gasteiger partial charge is 0.252 e. The van der Waals surface area contributed by atoms with Gasteiger partial charge in [0.2, 0.25) is 5.95 Å². The number of nitrogens with one attached hydrogen (secondary N) is 2. The topological polar surface area (TPSA) is 70.2 Å².